The second-order valence-electron chi connectivity index (χ2n) is 10.8. The number of nitrogen functional groups attached to an aromatic ring is 1. The lowest BCUT2D eigenvalue weighted by Gasteiger charge is -2.39. The number of imidazole rings is 1. The molecule has 0 saturated carbocycles. The second-order valence-corrected chi connectivity index (χ2v) is 20.2. The number of nitrogens with two attached hydrogens (primary N) is 1. The van der Waals surface area contributed by atoms with Crippen LogP contribution in [0, 0.1) is 0 Å². The first-order valence-corrected chi connectivity index (χ1v) is 19.6. The highest BCUT2D eigenvalue weighted by atomic mass is 28.4. The fourth-order valence-electron chi connectivity index (χ4n) is 5.95. The van der Waals surface area contributed by atoms with Gasteiger partial charge in [0.2, 0.25) is 0 Å². The maximum Gasteiger partial charge on any atom is 0.324 e. The molecule has 2 aliphatic heterocycles. The van der Waals surface area contributed by atoms with Crippen LogP contribution >= 0.6 is 0 Å². The molecule has 11 nitrogen and oxygen atoms in total. The standard InChI is InChI=1S/C26H46N6O5Si2/c1-8-38(9-2,10-3)36-21-19(15-31-14-18(31)26(33)34-7)35-25(22(21)37-39(11-4,12-5)13-6)32-17-30-20-23(27)28-16-29-24(20)32/h16-19,21-22,25H,8-15H2,1-7H3,(H2,27,28,29)/t18?,19-,21-,22-,25-,31?/m1/s1. The zero-order valence-corrected chi connectivity index (χ0v) is 26.6. The Morgan fingerprint density at radius 1 is 0.974 bits per heavy atom. The number of nitrogens with zero attached hydrogens (tertiary/aromatic N) is 5. The van der Waals surface area contributed by atoms with Crippen LogP contribution in [0.25, 0.3) is 11.2 Å². The summed E-state index contributed by atoms with van der Waals surface area (Å²) >= 11 is 0. The number of hydrogen-bond donors (Lipinski definition) is 1. The van der Waals surface area contributed by atoms with Gasteiger partial charge in [0.15, 0.2) is 34.3 Å². The SMILES string of the molecule is CC[Si](CC)(CC)O[C@@H]1[C@H](O[Si](CC)(CC)CC)[C@@H](CN2CC2C(=O)OC)O[C@H]1n1cnc2c(N)ncnc21. The van der Waals surface area contributed by atoms with E-state index in [1.54, 1.807) is 6.33 Å². The van der Waals surface area contributed by atoms with E-state index in [-0.39, 0.29) is 30.3 Å². The van der Waals surface area contributed by atoms with Crippen molar-refractivity contribution in [3.05, 3.63) is 12.7 Å². The first-order chi connectivity index (χ1) is 18.7. The van der Waals surface area contributed by atoms with Gasteiger partial charge in [0.1, 0.15) is 36.2 Å². The minimum atomic E-state index is -2.08. The molecule has 2 saturated heterocycles. The van der Waals surface area contributed by atoms with E-state index in [0.29, 0.717) is 30.1 Å². The molecule has 6 atom stereocenters. The lowest BCUT2D eigenvalue weighted by molar-refractivity contribution is -0.141. The molecular formula is C26H46N6O5Si2. The summed E-state index contributed by atoms with van der Waals surface area (Å²) in [6.45, 7) is 14.6. The van der Waals surface area contributed by atoms with Crippen LogP contribution in [0.2, 0.25) is 36.3 Å². The van der Waals surface area contributed by atoms with Gasteiger partial charge in [-0.2, -0.15) is 0 Å². The fourth-order valence-corrected chi connectivity index (χ4v) is 11.6. The maximum absolute atomic E-state index is 12.2. The number of carbonyl (C=O) groups is 1. The average molecular weight is 579 g/mol. The summed E-state index contributed by atoms with van der Waals surface area (Å²) in [5.41, 5.74) is 7.29. The third-order valence-corrected chi connectivity index (χ3v) is 18.5. The first-order valence-electron chi connectivity index (χ1n) is 14.5. The minimum Gasteiger partial charge on any atom is -0.468 e. The highest BCUT2D eigenvalue weighted by Crippen LogP contribution is 2.42. The van der Waals surface area contributed by atoms with Crippen molar-refractivity contribution < 1.29 is 23.1 Å². The summed E-state index contributed by atoms with van der Waals surface area (Å²) in [5.74, 6) is 0.119. The summed E-state index contributed by atoms with van der Waals surface area (Å²) < 4.78 is 28.3. The molecule has 0 bridgehead atoms. The summed E-state index contributed by atoms with van der Waals surface area (Å²) in [7, 11) is -2.69. The molecule has 0 aromatic carbocycles. The molecule has 0 aliphatic carbocycles. The highest BCUT2D eigenvalue weighted by molar-refractivity contribution is 6.74. The van der Waals surface area contributed by atoms with Crippen molar-refractivity contribution in [2.45, 2.75) is 108 Å². The molecule has 218 valence electrons. The Kier molecular flexibility index (Phi) is 9.49. The van der Waals surface area contributed by atoms with E-state index < -0.39 is 22.9 Å². The van der Waals surface area contributed by atoms with Gasteiger partial charge in [-0.1, -0.05) is 41.5 Å². The number of fused-ring (bicyclic) bond motifs is 1. The summed E-state index contributed by atoms with van der Waals surface area (Å²) in [5, 5.41) is 0. The van der Waals surface area contributed by atoms with Crippen LogP contribution in [-0.2, 0) is 23.1 Å². The molecule has 2 aromatic rings. The van der Waals surface area contributed by atoms with Gasteiger partial charge in [-0.05, 0) is 36.3 Å². The van der Waals surface area contributed by atoms with Crippen LogP contribution in [0.4, 0.5) is 5.82 Å². The van der Waals surface area contributed by atoms with Gasteiger partial charge in [-0.25, -0.2) is 15.0 Å². The van der Waals surface area contributed by atoms with Crippen LogP contribution in [-0.4, -0.2) is 91.6 Å². The molecule has 0 amide bonds. The highest BCUT2D eigenvalue weighted by Gasteiger charge is 2.55. The largest absolute Gasteiger partial charge is 0.468 e. The Hall–Kier alpha value is -1.91. The number of carbonyl (C=O) groups excluding carboxylic acids is 1. The van der Waals surface area contributed by atoms with E-state index >= 15 is 0 Å². The molecule has 13 heteroatoms. The lowest BCUT2D eigenvalue weighted by atomic mass is 10.1. The summed E-state index contributed by atoms with van der Waals surface area (Å²) in [4.78, 5) is 27.5. The van der Waals surface area contributed by atoms with E-state index in [4.69, 9.17) is 24.1 Å². The Bertz CT molecular complexity index is 1110. The number of anilines is 1. The van der Waals surface area contributed by atoms with Crippen molar-refractivity contribution >= 4 is 39.6 Å². The molecular weight excluding hydrogens is 532 g/mol. The molecule has 2 fully saturated rings. The average Bonchev–Trinajstić information content (AvgIpc) is 3.48. The lowest BCUT2D eigenvalue weighted by Crippen LogP contribution is -2.52. The van der Waals surface area contributed by atoms with Crippen molar-refractivity contribution in [1.82, 2.24) is 24.4 Å². The van der Waals surface area contributed by atoms with Crippen LogP contribution in [0.15, 0.2) is 12.7 Å². The number of methoxy groups -OCH3 is 1. The molecule has 2 unspecified atom stereocenters. The number of hydrogen-bond acceptors (Lipinski definition) is 10. The van der Waals surface area contributed by atoms with Gasteiger partial charge in [0.25, 0.3) is 0 Å². The van der Waals surface area contributed by atoms with Crippen LogP contribution in [0.1, 0.15) is 47.8 Å². The maximum atomic E-state index is 12.2. The predicted molar refractivity (Wildman–Crippen MR) is 155 cm³/mol. The van der Waals surface area contributed by atoms with Gasteiger partial charge >= 0.3 is 5.97 Å². The monoisotopic (exact) mass is 578 g/mol. The van der Waals surface area contributed by atoms with Crippen LogP contribution in [0.3, 0.4) is 0 Å². The van der Waals surface area contributed by atoms with Gasteiger partial charge < -0.3 is 24.1 Å². The number of esters is 1. The third-order valence-electron chi connectivity index (χ3n) is 9.19. The van der Waals surface area contributed by atoms with Gasteiger partial charge in [0.05, 0.1) is 13.4 Å². The molecule has 2 aliphatic rings. The molecule has 0 spiro atoms. The molecule has 4 heterocycles. The Morgan fingerprint density at radius 2 is 1.56 bits per heavy atom. The van der Waals surface area contributed by atoms with Crippen molar-refractivity contribution in [2.75, 3.05) is 25.9 Å². The quantitative estimate of drug-likeness (QED) is 0.200. The topological polar surface area (TPSA) is 127 Å². The molecule has 2 aromatic heterocycles. The summed E-state index contributed by atoms with van der Waals surface area (Å²) in [6, 6.07) is 5.85. The van der Waals surface area contributed by atoms with Crippen LogP contribution < -0.4 is 5.73 Å². The Morgan fingerprint density at radius 3 is 2.13 bits per heavy atom. The predicted octanol–water partition coefficient (Wildman–Crippen LogP) is 3.94. The third kappa shape index (κ3) is 5.79. The zero-order valence-electron chi connectivity index (χ0n) is 24.6. The zero-order chi connectivity index (χ0) is 28.4. The fraction of sp³-hybridized carbons (Fsp3) is 0.769. The van der Waals surface area contributed by atoms with Crippen LogP contribution in [0.5, 0.6) is 0 Å². The molecule has 0 radical (unpaired) electrons. The van der Waals surface area contributed by atoms with Gasteiger partial charge in [0, 0.05) is 13.1 Å². The number of rotatable bonds is 14. The normalized spacial score (nSPS) is 27.3. The van der Waals surface area contributed by atoms with E-state index in [1.165, 1.54) is 13.4 Å². The van der Waals surface area contributed by atoms with Crippen molar-refractivity contribution in [3.63, 3.8) is 0 Å². The van der Waals surface area contributed by atoms with Crippen molar-refractivity contribution in [1.29, 1.82) is 0 Å². The van der Waals surface area contributed by atoms with E-state index in [0.717, 1.165) is 36.3 Å². The summed E-state index contributed by atoms with van der Waals surface area (Å²) in [6.07, 6.45) is 1.76. The van der Waals surface area contributed by atoms with E-state index in [1.807, 2.05) is 4.57 Å². The van der Waals surface area contributed by atoms with Crippen molar-refractivity contribution in [3.8, 4) is 0 Å². The second kappa shape index (κ2) is 12.3. The minimum absolute atomic E-state index is 0.212. The number of aromatic nitrogens is 4. The van der Waals surface area contributed by atoms with Crippen molar-refractivity contribution in [2.24, 2.45) is 0 Å². The molecule has 39 heavy (non-hydrogen) atoms. The Labute approximate surface area is 234 Å². The van der Waals surface area contributed by atoms with E-state index in [9.17, 15) is 4.79 Å². The van der Waals surface area contributed by atoms with E-state index in [2.05, 4.69) is 61.4 Å². The van der Waals surface area contributed by atoms with Gasteiger partial charge in [-0.3, -0.25) is 14.3 Å². The Balaban J connectivity index is 1.78. The smallest absolute Gasteiger partial charge is 0.324 e. The number of ether oxygens (including phenoxy) is 2. The van der Waals surface area contributed by atoms with Gasteiger partial charge in [-0.15, -0.1) is 0 Å². The molecule has 4 rings (SSSR count). The molecule has 2 N–H and O–H groups in total. The first kappa shape index (κ1) is 30.1.